The fraction of sp³-hybridized carbons (Fsp3) is 0. The van der Waals surface area contributed by atoms with Gasteiger partial charge in [-0.25, -0.2) is 4.98 Å². The van der Waals surface area contributed by atoms with E-state index in [-0.39, 0.29) is 0 Å². The number of pyridine rings is 1. The Morgan fingerprint density at radius 2 is 0.597 bits per heavy atom. The molecule has 0 saturated heterocycles. The summed E-state index contributed by atoms with van der Waals surface area (Å²) in [5.41, 5.74) is 18.2. The molecule has 0 saturated carbocycles. The fourth-order valence-corrected chi connectivity index (χ4v) is 9.35. The summed E-state index contributed by atoms with van der Waals surface area (Å²) in [5, 5.41) is 4.94. The Morgan fingerprint density at radius 1 is 0.226 bits per heavy atom. The van der Waals surface area contributed by atoms with E-state index in [1.165, 1.54) is 65.9 Å². The van der Waals surface area contributed by atoms with E-state index < -0.39 is 0 Å². The van der Waals surface area contributed by atoms with Crippen LogP contribution in [0.3, 0.4) is 0 Å². The number of para-hydroxylation sites is 2. The maximum Gasteiger partial charge on any atom is 0.0715 e. The van der Waals surface area contributed by atoms with Crippen LogP contribution in [0.2, 0.25) is 0 Å². The minimum absolute atomic E-state index is 0.955. The van der Waals surface area contributed by atoms with Crippen molar-refractivity contribution in [2.24, 2.45) is 0 Å². The second-order valence-electron chi connectivity index (χ2n) is 16.0. The normalized spacial score (nSPS) is 11.5. The molecule has 3 aromatic heterocycles. The van der Waals surface area contributed by atoms with Gasteiger partial charge in [-0.05, 0) is 106 Å². The van der Waals surface area contributed by atoms with Crippen LogP contribution in [-0.4, -0.2) is 14.1 Å². The molecule has 0 bridgehead atoms. The number of hydrogen-bond donors (Lipinski definition) is 0. The minimum Gasteiger partial charge on any atom is -0.309 e. The highest BCUT2D eigenvalue weighted by atomic mass is 15.0. The molecule has 9 aromatic carbocycles. The Hall–Kier alpha value is -8.27. The molecule has 12 aromatic rings. The molecule has 0 radical (unpaired) electrons. The lowest BCUT2D eigenvalue weighted by Gasteiger charge is -2.13. The highest BCUT2D eigenvalue weighted by molar-refractivity contribution is 6.12. The molecule has 0 atom stereocenters. The van der Waals surface area contributed by atoms with Gasteiger partial charge in [-0.2, -0.15) is 0 Å². The van der Waals surface area contributed by atoms with E-state index in [2.05, 4.69) is 246 Å². The first-order chi connectivity index (χ1) is 30.7. The number of fused-ring (bicyclic) bond motifs is 6. The summed E-state index contributed by atoms with van der Waals surface area (Å²) in [6.07, 6.45) is 0. The molecule has 290 valence electrons. The molecular weight excluding hydrogens is 751 g/mol. The van der Waals surface area contributed by atoms with Crippen LogP contribution in [0.5, 0.6) is 0 Å². The quantitative estimate of drug-likeness (QED) is 0.158. The van der Waals surface area contributed by atoms with Gasteiger partial charge in [0.05, 0.1) is 33.5 Å². The third kappa shape index (κ3) is 6.10. The summed E-state index contributed by atoms with van der Waals surface area (Å²) < 4.78 is 4.82. The van der Waals surface area contributed by atoms with Gasteiger partial charge in [0.15, 0.2) is 0 Å². The van der Waals surface area contributed by atoms with E-state index in [4.69, 9.17) is 4.98 Å². The van der Waals surface area contributed by atoms with Crippen LogP contribution in [-0.2, 0) is 0 Å². The van der Waals surface area contributed by atoms with Crippen LogP contribution in [0.25, 0.3) is 111 Å². The van der Waals surface area contributed by atoms with E-state index in [0.717, 1.165) is 45.0 Å². The van der Waals surface area contributed by atoms with Crippen molar-refractivity contribution in [2.75, 3.05) is 0 Å². The Labute approximate surface area is 360 Å². The van der Waals surface area contributed by atoms with Gasteiger partial charge < -0.3 is 9.13 Å². The monoisotopic (exact) mass is 789 g/mol. The predicted molar refractivity (Wildman–Crippen MR) is 260 cm³/mol. The molecule has 0 fully saturated rings. The molecule has 0 amide bonds. The molecule has 3 nitrogen and oxygen atoms in total. The summed E-state index contributed by atoms with van der Waals surface area (Å²) in [6.45, 7) is 0. The molecule has 3 heteroatoms. The second kappa shape index (κ2) is 14.8. The first-order valence-electron chi connectivity index (χ1n) is 21.2. The number of hydrogen-bond acceptors (Lipinski definition) is 1. The van der Waals surface area contributed by atoms with Gasteiger partial charge in [-0.15, -0.1) is 0 Å². The van der Waals surface area contributed by atoms with Gasteiger partial charge in [-0.1, -0.05) is 164 Å². The van der Waals surface area contributed by atoms with Gasteiger partial charge in [0.25, 0.3) is 0 Å². The van der Waals surface area contributed by atoms with Gasteiger partial charge >= 0.3 is 0 Å². The molecule has 0 aliphatic carbocycles. The predicted octanol–water partition coefficient (Wildman–Crippen LogP) is 15.6. The zero-order valence-electron chi connectivity index (χ0n) is 33.9. The maximum absolute atomic E-state index is 5.14. The third-order valence-electron chi connectivity index (χ3n) is 12.3. The zero-order chi connectivity index (χ0) is 41.0. The van der Waals surface area contributed by atoms with Crippen molar-refractivity contribution in [3.63, 3.8) is 0 Å². The molecule has 0 aliphatic heterocycles. The lowest BCUT2D eigenvalue weighted by atomic mass is 9.99. The highest BCUT2D eigenvalue weighted by Gasteiger charge is 2.17. The van der Waals surface area contributed by atoms with Crippen LogP contribution in [0.15, 0.2) is 237 Å². The van der Waals surface area contributed by atoms with Crippen LogP contribution in [0.4, 0.5) is 0 Å². The topological polar surface area (TPSA) is 22.8 Å². The van der Waals surface area contributed by atoms with Crippen LogP contribution in [0.1, 0.15) is 0 Å². The summed E-state index contributed by atoms with van der Waals surface area (Å²) in [6, 6.07) is 85.2. The summed E-state index contributed by atoms with van der Waals surface area (Å²) >= 11 is 0. The Bertz CT molecular complexity index is 3560. The smallest absolute Gasteiger partial charge is 0.0715 e. The van der Waals surface area contributed by atoms with Gasteiger partial charge in [0.1, 0.15) is 0 Å². The van der Waals surface area contributed by atoms with E-state index in [0.29, 0.717) is 0 Å². The summed E-state index contributed by atoms with van der Waals surface area (Å²) in [5.74, 6) is 0. The number of nitrogens with zero attached hydrogens (tertiary/aromatic N) is 3. The summed E-state index contributed by atoms with van der Waals surface area (Å²) in [7, 11) is 0. The largest absolute Gasteiger partial charge is 0.309 e. The van der Waals surface area contributed by atoms with Crippen molar-refractivity contribution >= 4 is 43.6 Å². The molecule has 0 spiro atoms. The molecular formula is C59H39N3. The van der Waals surface area contributed by atoms with Crippen LogP contribution >= 0.6 is 0 Å². The zero-order valence-corrected chi connectivity index (χ0v) is 33.9. The Balaban J connectivity index is 0.970. The van der Waals surface area contributed by atoms with Gasteiger partial charge in [-0.3, -0.25) is 0 Å². The lowest BCUT2D eigenvalue weighted by molar-refractivity contribution is 1.18. The Morgan fingerprint density at radius 3 is 1.08 bits per heavy atom. The second-order valence-corrected chi connectivity index (χ2v) is 16.0. The molecule has 0 N–H and O–H groups in total. The highest BCUT2D eigenvalue weighted by Crippen LogP contribution is 2.40. The Kier molecular flexibility index (Phi) is 8.50. The minimum atomic E-state index is 0.955. The summed E-state index contributed by atoms with van der Waals surface area (Å²) in [4.78, 5) is 5.14. The van der Waals surface area contributed by atoms with E-state index in [1.807, 2.05) is 0 Å². The first-order valence-corrected chi connectivity index (χ1v) is 21.2. The van der Waals surface area contributed by atoms with Crippen molar-refractivity contribution < 1.29 is 0 Å². The SMILES string of the molecule is c1ccc(-c2cccc(-n3c4ccccc4c4cc(-c5ccc6c(c5)c5ccccc5n6-c5cccc(-c6cc(-c7ccccc7)nc(-c7ccccc7)c6)c5)ccc43)c2)cc1. The molecule has 12 rings (SSSR count). The molecule has 3 heterocycles. The average molecular weight is 790 g/mol. The lowest BCUT2D eigenvalue weighted by Crippen LogP contribution is -1.95. The van der Waals surface area contributed by atoms with Crippen molar-refractivity contribution in [1.29, 1.82) is 0 Å². The molecule has 0 unspecified atom stereocenters. The number of aromatic nitrogens is 3. The van der Waals surface area contributed by atoms with Crippen LogP contribution in [0, 0.1) is 0 Å². The first kappa shape index (κ1) is 35.7. The molecule has 62 heavy (non-hydrogen) atoms. The standard InChI is InChI=1S/C59H39N3/c1-4-16-40(17-5-1)43-22-14-24-48(34-43)61-56-28-12-10-26-50(56)52-36-45(30-32-58(52)61)46-31-33-59-53(37-46)51-27-11-13-29-57(51)62(59)49-25-15-23-44(35-49)47-38-54(41-18-6-2-7-19-41)60-55(39-47)42-20-8-3-9-21-42/h1-39H. The number of rotatable bonds is 7. The fourth-order valence-electron chi connectivity index (χ4n) is 9.35. The van der Waals surface area contributed by atoms with Crippen molar-refractivity contribution in [3.05, 3.63) is 237 Å². The van der Waals surface area contributed by atoms with Crippen molar-refractivity contribution in [2.45, 2.75) is 0 Å². The van der Waals surface area contributed by atoms with Gasteiger partial charge in [0.2, 0.25) is 0 Å². The molecule has 0 aliphatic rings. The van der Waals surface area contributed by atoms with E-state index in [1.54, 1.807) is 0 Å². The number of benzene rings is 9. The average Bonchev–Trinajstić information content (AvgIpc) is 3.87. The maximum atomic E-state index is 5.14. The van der Waals surface area contributed by atoms with Crippen molar-refractivity contribution in [1.82, 2.24) is 14.1 Å². The van der Waals surface area contributed by atoms with Crippen LogP contribution < -0.4 is 0 Å². The van der Waals surface area contributed by atoms with Crippen molar-refractivity contribution in [3.8, 4) is 67.3 Å². The van der Waals surface area contributed by atoms with E-state index >= 15 is 0 Å². The third-order valence-corrected chi connectivity index (χ3v) is 12.3. The van der Waals surface area contributed by atoms with E-state index in [9.17, 15) is 0 Å². The van der Waals surface area contributed by atoms with Gasteiger partial charge in [0, 0.05) is 44.0 Å².